The van der Waals surface area contributed by atoms with Gasteiger partial charge in [-0.1, -0.05) is 18.2 Å². The summed E-state index contributed by atoms with van der Waals surface area (Å²) in [6.45, 7) is 4.12. The molecular formula is C15H15N3S. The van der Waals surface area contributed by atoms with E-state index in [-0.39, 0.29) is 0 Å². The normalized spacial score (nSPS) is 10.8. The molecule has 2 N–H and O–H groups in total. The number of nitrogen functional groups attached to an aromatic ring is 1. The van der Waals surface area contributed by atoms with Crippen LogP contribution < -0.4 is 5.73 Å². The van der Waals surface area contributed by atoms with Gasteiger partial charge >= 0.3 is 0 Å². The molecule has 0 saturated carbocycles. The zero-order valence-corrected chi connectivity index (χ0v) is 11.7. The Kier molecular flexibility index (Phi) is 2.87. The molecule has 3 rings (SSSR count). The molecule has 3 nitrogen and oxygen atoms in total. The molecule has 96 valence electrons. The van der Waals surface area contributed by atoms with Crippen molar-refractivity contribution in [3.8, 4) is 16.3 Å². The molecule has 4 heteroatoms. The molecule has 0 radical (unpaired) electrons. The Morgan fingerprint density at radius 3 is 2.47 bits per heavy atom. The van der Waals surface area contributed by atoms with Crippen molar-refractivity contribution >= 4 is 17.2 Å². The highest BCUT2D eigenvalue weighted by Crippen LogP contribution is 2.33. The van der Waals surface area contributed by atoms with Crippen LogP contribution in [0, 0.1) is 13.8 Å². The van der Waals surface area contributed by atoms with Crippen molar-refractivity contribution < 1.29 is 0 Å². The number of hydrogen-bond donors (Lipinski definition) is 1. The third-order valence-corrected chi connectivity index (χ3v) is 4.27. The van der Waals surface area contributed by atoms with Crippen LogP contribution in [0.25, 0.3) is 16.3 Å². The molecule has 0 aliphatic rings. The van der Waals surface area contributed by atoms with Crippen LogP contribution in [-0.2, 0) is 0 Å². The Morgan fingerprint density at radius 2 is 1.84 bits per heavy atom. The van der Waals surface area contributed by atoms with Crippen molar-refractivity contribution in [1.29, 1.82) is 0 Å². The molecule has 0 aliphatic carbocycles. The van der Waals surface area contributed by atoms with Gasteiger partial charge in [0.05, 0.1) is 10.6 Å². The molecule has 0 unspecified atom stereocenters. The molecule has 19 heavy (non-hydrogen) atoms. The molecule has 2 heterocycles. The van der Waals surface area contributed by atoms with Gasteiger partial charge < -0.3 is 5.73 Å². The van der Waals surface area contributed by atoms with E-state index in [1.165, 1.54) is 10.4 Å². The largest absolute Gasteiger partial charge is 0.383 e. The third kappa shape index (κ3) is 1.94. The number of thiophene rings is 1. The van der Waals surface area contributed by atoms with Gasteiger partial charge in [0.15, 0.2) is 0 Å². The number of nitrogens with zero attached hydrogens (tertiary/aromatic N) is 2. The topological polar surface area (TPSA) is 43.8 Å². The summed E-state index contributed by atoms with van der Waals surface area (Å²) in [6.07, 6.45) is 0. The average molecular weight is 269 g/mol. The molecule has 3 aromatic rings. The van der Waals surface area contributed by atoms with E-state index in [0.717, 1.165) is 16.9 Å². The molecule has 0 saturated heterocycles. The predicted molar refractivity (Wildman–Crippen MR) is 80.8 cm³/mol. The van der Waals surface area contributed by atoms with Gasteiger partial charge in [-0.3, -0.25) is 0 Å². The Morgan fingerprint density at radius 1 is 1.11 bits per heavy atom. The number of aromatic nitrogens is 2. The maximum atomic E-state index is 6.20. The van der Waals surface area contributed by atoms with E-state index in [9.17, 15) is 0 Å². The molecule has 0 fully saturated rings. The molecule has 2 aromatic heterocycles. The first-order valence-corrected chi connectivity index (χ1v) is 7.01. The lowest BCUT2D eigenvalue weighted by molar-refractivity contribution is 0.895. The molecule has 0 amide bonds. The number of hydrogen-bond acceptors (Lipinski definition) is 3. The lowest BCUT2D eigenvalue weighted by Gasteiger charge is -2.02. The van der Waals surface area contributed by atoms with E-state index in [1.807, 2.05) is 41.9 Å². The molecule has 0 spiro atoms. The summed E-state index contributed by atoms with van der Waals surface area (Å²) >= 11 is 1.70. The molecule has 0 atom stereocenters. The molecule has 0 aliphatic heterocycles. The second kappa shape index (κ2) is 4.55. The SMILES string of the molecule is Cc1ccsc1-c1nn(-c2ccccc2)c(N)c1C. The van der Waals surface area contributed by atoms with E-state index in [4.69, 9.17) is 5.73 Å². The van der Waals surface area contributed by atoms with Gasteiger partial charge in [0, 0.05) is 5.56 Å². The number of rotatable bonds is 2. The fourth-order valence-electron chi connectivity index (χ4n) is 2.11. The van der Waals surface area contributed by atoms with Gasteiger partial charge in [0.2, 0.25) is 0 Å². The number of benzene rings is 1. The first-order chi connectivity index (χ1) is 9.18. The quantitative estimate of drug-likeness (QED) is 0.769. The van der Waals surface area contributed by atoms with Crippen molar-refractivity contribution in [2.24, 2.45) is 0 Å². The summed E-state index contributed by atoms with van der Waals surface area (Å²) in [4.78, 5) is 1.19. The molecular weight excluding hydrogens is 254 g/mol. The third-order valence-electron chi connectivity index (χ3n) is 3.25. The number of nitrogens with two attached hydrogens (primary N) is 1. The summed E-state index contributed by atoms with van der Waals surface area (Å²) in [6, 6.07) is 12.1. The first kappa shape index (κ1) is 12.0. The van der Waals surface area contributed by atoms with E-state index in [0.29, 0.717) is 5.82 Å². The minimum absolute atomic E-state index is 0.703. The van der Waals surface area contributed by atoms with Gasteiger partial charge in [-0.15, -0.1) is 11.3 Å². The van der Waals surface area contributed by atoms with Gasteiger partial charge in [-0.2, -0.15) is 5.10 Å². The fourth-order valence-corrected chi connectivity index (χ4v) is 3.07. The average Bonchev–Trinajstić information content (AvgIpc) is 2.97. The first-order valence-electron chi connectivity index (χ1n) is 6.13. The van der Waals surface area contributed by atoms with E-state index in [2.05, 4.69) is 23.5 Å². The number of aryl methyl sites for hydroxylation is 1. The van der Waals surface area contributed by atoms with Gasteiger partial charge in [0.25, 0.3) is 0 Å². The summed E-state index contributed by atoms with van der Waals surface area (Å²) in [5.41, 5.74) is 10.4. The van der Waals surface area contributed by atoms with Crippen LogP contribution in [0.3, 0.4) is 0 Å². The van der Waals surface area contributed by atoms with Crippen LogP contribution in [0.2, 0.25) is 0 Å². The predicted octanol–water partition coefficient (Wildman–Crippen LogP) is 3.80. The minimum Gasteiger partial charge on any atom is -0.383 e. The minimum atomic E-state index is 0.703. The van der Waals surface area contributed by atoms with Crippen LogP contribution in [-0.4, -0.2) is 9.78 Å². The maximum absolute atomic E-state index is 6.20. The van der Waals surface area contributed by atoms with Gasteiger partial charge in [0.1, 0.15) is 11.5 Å². The number of para-hydroxylation sites is 1. The Bertz CT molecular complexity index is 710. The Labute approximate surface area is 116 Å². The summed E-state index contributed by atoms with van der Waals surface area (Å²) < 4.78 is 1.81. The van der Waals surface area contributed by atoms with Crippen LogP contribution >= 0.6 is 11.3 Å². The highest BCUT2D eigenvalue weighted by Gasteiger charge is 2.16. The van der Waals surface area contributed by atoms with E-state index >= 15 is 0 Å². The summed E-state index contributed by atoms with van der Waals surface area (Å²) in [7, 11) is 0. The zero-order chi connectivity index (χ0) is 13.4. The monoisotopic (exact) mass is 269 g/mol. The second-order valence-corrected chi connectivity index (χ2v) is 5.46. The lowest BCUT2D eigenvalue weighted by Crippen LogP contribution is -2.01. The van der Waals surface area contributed by atoms with Crippen LogP contribution in [0.4, 0.5) is 5.82 Å². The van der Waals surface area contributed by atoms with Crippen molar-refractivity contribution in [1.82, 2.24) is 9.78 Å². The zero-order valence-electron chi connectivity index (χ0n) is 10.9. The van der Waals surface area contributed by atoms with Gasteiger partial charge in [-0.25, -0.2) is 4.68 Å². The second-order valence-electron chi connectivity index (χ2n) is 4.54. The van der Waals surface area contributed by atoms with Crippen molar-refractivity contribution in [2.45, 2.75) is 13.8 Å². The molecule has 1 aromatic carbocycles. The highest BCUT2D eigenvalue weighted by molar-refractivity contribution is 7.13. The number of anilines is 1. The Hall–Kier alpha value is -2.07. The van der Waals surface area contributed by atoms with Crippen LogP contribution in [0.15, 0.2) is 41.8 Å². The van der Waals surface area contributed by atoms with E-state index < -0.39 is 0 Å². The van der Waals surface area contributed by atoms with Gasteiger partial charge in [-0.05, 0) is 43.0 Å². The van der Waals surface area contributed by atoms with Crippen LogP contribution in [0.5, 0.6) is 0 Å². The van der Waals surface area contributed by atoms with Crippen molar-refractivity contribution in [2.75, 3.05) is 5.73 Å². The summed E-state index contributed by atoms with van der Waals surface area (Å²) in [5, 5.41) is 6.77. The Balaban J connectivity index is 2.18. The van der Waals surface area contributed by atoms with E-state index in [1.54, 1.807) is 11.3 Å². The van der Waals surface area contributed by atoms with Crippen molar-refractivity contribution in [3.05, 3.63) is 52.9 Å². The molecule has 0 bridgehead atoms. The highest BCUT2D eigenvalue weighted by atomic mass is 32.1. The lowest BCUT2D eigenvalue weighted by atomic mass is 10.2. The smallest absolute Gasteiger partial charge is 0.130 e. The summed E-state index contributed by atoms with van der Waals surface area (Å²) in [5.74, 6) is 0.703. The van der Waals surface area contributed by atoms with Crippen molar-refractivity contribution in [3.63, 3.8) is 0 Å². The maximum Gasteiger partial charge on any atom is 0.130 e. The standard InChI is InChI=1S/C15H15N3S/c1-10-8-9-19-14(10)13-11(2)15(16)18(17-13)12-6-4-3-5-7-12/h3-9H,16H2,1-2H3. The fraction of sp³-hybridized carbons (Fsp3) is 0.133. The van der Waals surface area contributed by atoms with Crippen LogP contribution in [0.1, 0.15) is 11.1 Å².